The fourth-order valence-electron chi connectivity index (χ4n) is 8.85. The van der Waals surface area contributed by atoms with E-state index in [0.717, 1.165) is 65.5 Å². The summed E-state index contributed by atoms with van der Waals surface area (Å²) in [6.07, 6.45) is 3.92. The van der Waals surface area contributed by atoms with Crippen molar-refractivity contribution in [2.24, 2.45) is 16.2 Å². The molecule has 0 amide bonds. The standard InChI is InChI=1S/C35H50O5/c1-19(2)25-15-24(13-11-12-14-34(9,39)40)21(4)28-26(25)17-32(7)18-33(8)16-20(3)27(23(6)36)31(38)35(33,10)22(5)29(32)30(28)37/h15,19,31,38-40H,11-14,16-18H2,1-10H3. The highest BCUT2D eigenvalue weighted by atomic mass is 16.5. The molecule has 3 N–H and O–H groups in total. The van der Waals surface area contributed by atoms with Crippen LogP contribution in [0.5, 0.6) is 0 Å². The van der Waals surface area contributed by atoms with Crippen LogP contribution in [0.1, 0.15) is 133 Å². The molecule has 0 heterocycles. The lowest BCUT2D eigenvalue weighted by Crippen LogP contribution is -2.58. The fraction of sp³-hybridized carbons (Fsp3) is 0.657. The molecule has 0 saturated heterocycles. The van der Waals surface area contributed by atoms with E-state index in [1.807, 2.05) is 13.8 Å². The summed E-state index contributed by atoms with van der Waals surface area (Å²) in [5.74, 6) is -1.42. The molecular formula is C35H50O5. The highest BCUT2D eigenvalue weighted by Gasteiger charge is 2.63. The molecule has 0 aliphatic heterocycles. The van der Waals surface area contributed by atoms with E-state index in [1.165, 1.54) is 25.0 Å². The Morgan fingerprint density at radius 1 is 1.10 bits per heavy atom. The van der Waals surface area contributed by atoms with Gasteiger partial charge in [0.05, 0.1) is 6.10 Å². The van der Waals surface area contributed by atoms with Crippen LogP contribution >= 0.6 is 0 Å². The molecule has 3 aliphatic carbocycles. The van der Waals surface area contributed by atoms with Gasteiger partial charge < -0.3 is 15.3 Å². The van der Waals surface area contributed by atoms with Gasteiger partial charge in [-0.1, -0.05) is 51.8 Å². The van der Waals surface area contributed by atoms with Gasteiger partial charge in [-0.2, -0.15) is 0 Å². The van der Waals surface area contributed by atoms with E-state index >= 15 is 0 Å². The molecule has 4 atom stereocenters. The van der Waals surface area contributed by atoms with Crippen LogP contribution in [0.3, 0.4) is 0 Å². The summed E-state index contributed by atoms with van der Waals surface area (Å²) in [5, 5.41) is 31.2. The second kappa shape index (κ2) is 10.0. The molecule has 3 aliphatic rings. The van der Waals surface area contributed by atoms with Gasteiger partial charge in [0.15, 0.2) is 17.4 Å². The number of ketones is 2. The van der Waals surface area contributed by atoms with Gasteiger partial charge in [0.25, 0.3) is 0 Å². The lowest BCUT2D eigenvalue weighted by Gasteiger charge is -2.62. The van der Waals surface area contributed by atoms with E-state index in [4.69, 9.17) is 0 Å². The van der Waals surface area contributed by atoms with Crippen LogP contribution in [0.25, 0.3) is 0 Å². The Balaban J connectivity index is 1.87. The van der Waals surface area contributed by atoms with Crippen molar-refractivity contribution in [2.45, 2.75) is 132 Å². The Kier molecular flexibility index (Phi) is 7.74. The van der Waals surface area contributed by atoms with Crippen molar-refractivity contribution in [3.63, 3.8) is 0 Å². The summed E-state index contributed by atoms with van der Waals surface area (Å²) in [4.78, 5) is 27.3. The number of Topliss-reactive ketones (excluding diaryl/α,β-unsaturated/α-hetero) is 2. The molecule has 5 heteroatoms. The van der Waals surface area contributed by atoms with Gasteiger partial charge in [0, 0.05) is 34.0 Å². The lowest BCUT2D eigenvalue weighted by atomic mass is 9.42. The summed E-state index contributed by atoms with van der Waals surface area (Å²) in [5.41, 5.74) is 7.24. The van der Waals surface area contributed by atoms with E-state index in [9.17, 15) is 24.9 Å². The first-order chi connectivity index (χ1) is 18.3. The predicted molar refractivity (Wildman–Crippen MR) is 159 cm³/mol. The van der Waals surface area contributed by atoms with E-state index in [0.29, 0.717) is 18.4 Å². The van der Waals surface area contributed by atoms with Gasteiger partial charge in [-0.3, -0.25) is 9.59 Å². The number of fused-ring (bicyclic) bond motifs is 3. The monoisotopic (exact) mass is 550 g/mol. The van der Waals surface area contributed by atoms with Crippen molar-refractivity contribution in [3.05, 3.63) is 56.2 Å². The molecule has 4 rings (SSSR count). The second-order valence-electron chi connectivity index (χ2n) is 14.5. The van der Waals surface area contributed by atoms with Gasteiger partial charge in [-0.15, -0.1) is 0 Å². The number of hydrogen-bond acceptors (Lipinski definition) is 5. The van der Waals surface area contributed by atoms with Crippen molar-refractivity contribution in [1.29, 1.82) is 0 Å². The van der Waals surface area contributed by atoms with E-state index in [-0.39, 0.29) is 28.3 Å². The van der Waals surface area contributed by atoms with Crippen LogP contribution in [-0.4, -0.2) is 38.8 Å². The Hall–Kier alpha value is -2.08. The number of aliphatic hydroxyl groups is 3. The number of allylic oxidation sites excluding steroid dienone is 2. The second-order valence-corrected chi connectivity index (χ2v) is 14.5. The molecule has 1 aromatic rings. The van der Waals surface area contributed by atoms with Gasteiger partial charge in [-0.05, 0) is 107 Å². The minimum atomic E-state index is -1.66. The summed E-state index contributed by atoms with van der Waals surface area (Å²) in [7, 11) is 0. The quantitative estimate of drug-likeness (QED) is 0.260. The largest absolute Gasteiger partial charge is 0.387 e. The highest BCUT2D eigenvalue weighted by molar-refractivity contribution is 6.14. The van der Waals surface area contributed by atoms with Crippen molar-refractivity contribution in [1.82, 2.24) is 0 Å². The Morgan fingerprint density at radius 2 is 1.73 bits per heavy atom. The number of rotatable bonds is 7. The van der Waals surface area contributed by atoms with Crippen LogP contribution in [-0.2, 0) is 17.6 Å². The number of hydrogen-bond donors (Lipinski definition) is 3. The number of benzene rings is 1. The van der Waals surface area contributed by atoms with E-state index in [2.05, 4.69) is 47.6 Å². The van der Waals surface area contributed by atoms with Crippen LogP contribution in [0.2, 0.25) is 0 Å². The normalized spacial score (nSPS) is 30.4. The number of unbranched alkanes of at least 4 members (excludes halogenated alkanes) is 1. The molecule has 40 heavy (non-hydrogen) atoms. The zero-order valence-corrected chi connectivity index (χ0v) is 26.3. The highest BCUT2D eigenvalue weighted by Crippen LogP contribution is 2.67. The molecular weight excluding hydrogens is 500 g/mol. The third kappa shape index (κ3) is 4.66. The Bertz CT molecular complexity index is 1320. The van der Waals surface area contributed by atoms with Crippen LogP contribution in [0.4, 0.5) is 0 Å². The average molecular weight is 551 g/mol. The molecule has 5 nitrogen and oxygen atoms in total. The van der Waals surface area contributed by atoms with E-state index < -0.39 is 17.3 Å². The average Bonchev–Trinajstić information content (AvgIpc) is 2.78. The molecule has 0 aromatic heterocycles. The Morgan fingerprint density at radius 3 is 2.27 bits per heavy atom. The smallest absolute Gasteiger partial charge is 0.190 e. The van der Waals surface area contributed by atoms with Crippen molar-refractivity contribution >= 4 is 11.6 Å². The molecule has 0 fully saturated rings. The summed E-state index contributed by atoms with van der Waals surface area (Å²) >= 11 is 0. The first-order valence-corrected chi connectivity index (χ1v) is 15.0. The molecule has 0 saturated carbocycles. The Labute approximate surface area is 240 Å². The number of aliphatic hydroxyl groups excluding tert-OH is 1. The van der Waals surface area contributed by atoms with Gasteiger partial charge in [0.1, 0.15) is 0 Å². The van der Waals surface area contributed by atoms with Gasteiger partial charge in [-0.25, -0.2) is 0 Å². The van der Waals surface area contributed by atoms with Crippen molar-refractivity contribution in [2.75, 3.05) is 0 Å². The molecule has 220 valence electrons. The third-order valence-corrected chi connectivity index (χ3v) is 10.9. The maximum Gasteiger partial charge on any atom is 0.190 e. The van der Waals surface area contributed by atoms with Gasteiger partial charge in [0.2, 0.25) is 0 Å². The minimum Gasteiger partial charge on any atom is -0.387 e. The lowest BCUT2D eigenvalue weighted by molar-refractivity contribution is -0.150. The van der Waals surface area contributed by atoms with Crippen LogP contribution in [0, 0.1) is 23.2 Å². The first kappa shape index (κ1) is 30.9. The maximum atomic E-state index is 14.7. The minimum absolute atomic E-state index is 0.0758. The summed E-state index contributed by atoms with van der Waals surface area (Å²) < 4.78 is 0. The predicted octanol–water partition coefficient (Wildman–Crippen LogP) is 6.68. The number of carbonyl (C=O) groups excluding carboxylic acids is 2. The SMILES string of the molecule is CC(=O)C1=C(C)CC2(C)CC3(C)Cc4c(C(C)C)cc(CCCCC(C)(O)O)c(C)c4C(=O)C3=C(C)C2(C)C1O. The van der Waals surface area contributed by atoms with Crippen molar-refractivity contribution in [3.8, 4) is 0 Å². The maximum absolute atomic E-state index is 14.7. The van der Waals surface area contributed by atoms with E-state index in [1.54, 1.807) is 0 Å². The summed E-state index contributed by atoms with van der Waals surface area (Å²) in [6, 6.07) is 2.29. The van der Waals surface area contributed by atoms with Crippen molar-refractivity contribution < 1.29 is 24.9 Å². The zero-order chi connectivity index (χ0) is 30.2. The first-order valence-electron chi connectivity index (χ1n) is 15.0. The fourth-order valence-corrected chi connectivity index (χ4v) is 8.85. The summed E-state index contributed by atoms with van der Waals surface area (Å²) in [6.45, 7) is 19.9. The number of aryl methyl sites for hydroxylation is 1. The van der Waals surface area contributed by atoms with Gasteiger partial charge >= 0.3 is 0 Å². The molecule has 4 unspecified atom stereocenters. The van der Waals surface area contributed by atoms with Crippen LogP contribution < -0.4 is 0 Å². The van der Waals surface area contributed by atoms with Crippen LogP contribution in [0.15, 0.2) is 28.4 Å². The molecule has 0 bridgehead atoms. The molecule has 0 radical (unpaired) electrons. The molecule has 1 aromatic carbocycles. The topological polar surface area (TPSA) is 94.8 Å². The number of carbonyl (C=O) groups is 2. The third-order valence-electron chi connectivity index (χ3n) is 10.9. The zero-order valence-electron chi connectivity index (χ0n) is 26.3. The molecule has 0 spiro atoms.